The van der Waals surface area contributed by atoms with Gasteiger partial charge in [-0.05, 0) is 48.5 Å². The van der Waals surface area contributed by atoms with Gasteiger partial charge in [-0.25, -0.2) is 12.8 Å². The lowest BCUT2D eigenvalue weighted by Gasteiger charge is -2.21. The number of para-hydroxylation sites is 1. The summed E-state index contributed by atoms with van der Waals surface area (Å²) in [5.74, 6) is -0.112. The van der Waals surface area contributed by atoms with Gasteiger partial charge in [-0.1, -0.05) is 12.1 Å². The summed E-state index contributed by atoms with van der Waals surface area (Å²) in [6.07, 6.45) is 1.04. The maximum Gasteiger partial charge on any atom is 0.255 e. The minimum absolute atomic E-state index is 0.0841. The number of anilines is 1. The Morgan fingerprint density at radius 3 is 2.46 bits per heavy atom. The molecule has 0 aliphatic carbocycles. The van der Waals surface area contributed by atoms with Crippen LogP contribution in [0.3, 0.4) is 0 Å². The number of carbonyl (C=O) groups is 1. The molecule has 0 saturated carbocycles. The van der Waals surface area contributed by atoms with E-state index in [9.17, 15) is 22.7 Å². The van der Waals surface area contributed by atoms with E-state index < -0.39 is 15.8 Å². The van der Waals surface area contributed by atoms with Crippen LogP contribution in [-0.4, -0.2) is 45.9 Å². The van der Waals surface area contributed by atoms with Gasteiger partial charge in [0.05, 0.1) is 30.7 Å². The lowest BCUT2D eigenvalue weighted by Crippen LogP contribution is -2.32. The van der Waals surface area contributed by atoms with Crippen LogP contribution in [0.5, 0.6) is 11.5 Å². The van der Waals surface area contributed by atoms with Crippen molar-refractivity contribution in [1.29, 1.82) is 0 Å². The molecule has 0 aliphatic heterocycles. The Bertz CT molecular complexity index is 1480. The molecule has 4 aromatic rings. The number of rotatable bonds is 8. The zero-order valence-corrected chi connectivity index (χ0v) is 19.8. The fourth-order valence-corrected chi connectivity index (χ4v) is 4.61. The molecule has 4 rings (SSSR count). The maximum absolute atomic E-state index is 13.9. The minimum Gasteiger partial charge on any atom is -0.455 e. The van der Waals surface area contributed by atoms with Crippen molar-refractivity contribution in [3.63, 3.8) is 0 Å². The summed E-state index contributed by atoms with van der Waals surface area (Å²) in [6.45, 7) is -0.483. The third kappa shape index (κ3) is 4.98. The summed E-state index contributed by atoms with van der Waals surface area (Å²) in [5, 5.41) is 12.4. The second-order valence-electron chi connectivity index (χ2n) is 7.68. The van der Waals surface area contributed by atoms with E-state index in [-0.39, 0.29) is 36.1 Å². The number of fused-ring (bicyclic) bond motifs is 1. The number of ether oxygens (including phenoxy) is 1. The average molecular weight is 499 g/mol. The number of carbonyl (C=O) groups excluding carboxylic acids is 1. The number of aliphatic hydroxyl groups is 1. The number of hydrogen-bond acceptors (Lipinski definition) is 6. The van der Waals surface area contributed by atoms with Crippen LogP contribution in [0, 0.1) is 5.82 Å². The van der Waals surface area contributed by atoms with Crippen molar-refractivity contribution >= 4 is 32.6 Å². The molecule has 1 aromatic heterocycles. The van der Waals surface area contributed by atoms with Crippen molar-refractivity contribution in [3.05, 3.63) is 78.1 Å². The molecule has 8 nitrogen and oxygen atoms in total. The molecule has 0 bridgehead atoms. The Labute approximate surface area is 201 Å². The first-order valence-corrected chi connectivity index (χ1v) is 12.5. The van der Waals surface area contributed by atoms with Crippen LogP contribution in [0.4, 0.5) is 10.1 Å². The second-order valence-corrected chi connectivity index (χ2v) is 9.59. The third-order valence-corrected chi connectivity index (χ3v) is 6.49. The normalized spacial score (nSPS) is 11.4. The molecule has 3 aromatic carbocycles. The molecular weight excluding hydrogens is 475 g/mol. The Morgan fingerprint density at radius 2 is 1.83 bits per heavy atom. The molecule has 10 heteroatoms. The van der Waals surface area contributed by atoms with Crippen molar-refractivity contribution < 1.29 is 31.9 Å². The number of nitrogens with one attached hydrogen (secondary N) is 1. The molecule has 182 valence electrons. The molecule has 1 heterocycles. The lowest BCUT2D eigenvalue weighted by atomic mass is 10.0. The van der Waals surface area contributed by atoms with Gasteiger partial charge in [0.15, 0.2) is 11.6 Å². The molecule has 0 radical (unpaired) electrons. The molecule has 1 amide bonds. The van der Waals surface area contributed by atoms with E-state index in [1.165, 1.54) is 25.2 Å². The number of furan rings is 1. The van der Waals surface area contributed by atoms with E-state index in [4.69, 9.17) is 9.15 Å². The van der Waals surface area contributed by atoms with Gasteiger partial charge in [-0.15, -0.1) is 0 Å². The van der Waals surface area contributed by atoms with Crippen LogP contribution in [0.2, 0.25) is 0 Å². The predicted molar refractivity (Wildman–Crippen MR) is 131 cm³/mol. The number of nitrogens with zero attached hydrogens (tertiary/aromatic N) is 1. The summed E-state index contributed by atoms with van der Waals surface area (Å²) in [4.78, 5) is 12.7. The Morgan fingerprint density at radius 1 is 1.11 bits per heavy atom. The molecule has 0 aliphatic rings. The summed E-state index contributed by atoms with van der Waals surface area (Å²) in [7, 11) is -2.15. The van der Waals surface area contributed by atoms with Crippen molar-refractivity contribution in [2.24, 2.45) is 0 Å². The zero-order valence-electron chi connectivity index (χ0n) is 19.0. The van der Waals surface area contributed by atoms with Gasteiger partial charge in [0, 0.05) is 24.1 Å². The summed E-state index contributed by atoms with van der Waals surface area (Å²) < 4.78 is 50.9. The van der Waals surface area contributed by atoms with Crippen LogP contribution in [-0.2, 0) is 10.0 Å². The van der Waals surface area contributed by atoms with Crippen LogP contribution in [0.25, 0.3) is 22.3 Å². The highest BCUT2D eigenvalue weighted by Crippen LogP contribution is 2.37. The minimum atomic E-state index is -3.65. The fourth-order valence-electron chi connectivity index (χ4n) is 3.70. The van der Waals surface area contributed by atoms with Gasteiger partial charge < -0.3 is 19.6 Å². The van der Waals surface area contributed by atoms with E-state index in [1.807, 2.05) is 0 Å². The molecule has 2 N–H and O–H groups in total. The highest BCUT2D eigenvalue weighted by Gasteiger charge is 2.24. The van der Waals surface area contributed by atoms with Crippen molar-refractivity contribution in [1.82, 2.24) is 5.32 Å². The predicted octanol–water partition coefficient (Wildman–Crippen LogP) is 4.15. The lowest BCUT2D eigenvalue weighted by molar-refractivity contribution is 0.0964. The van der Waals surface area contributed by atoms with Crippen LogP contribution in [0.1, 0.15) is 10.4 Å². The smallest absolute Gasteiger partial charge is 0.255 e. The Hall–Kier alpha value is -3.89. The number of amides is 1. The van der Waals surface area contributed by atoms with Gasteiger partial charge in [0.25, 0.3) is 5.91 Å². The number of hydrogen-bond donors (Lipinski definition) is 2. The Kier molecular flexibility index (Phi) is 6.77. The average Bonchev–Trinajstić information content (AvgIpc) is 3.22. The number of sulfonamides is 1. The van der Waals surface area contributed by atoms with Gasteiger partial charge >= 0.3 is 0 Å². The molecule has 0 saturated heterocycles. The maximum atomic E-state index is 13.9. The molecule has 0 unspecified atom stereocenters. The molecular formula is C25H23FN2O6S. The quantitative estimate of drug-likeness (QED) is 0.378. The van der Waals surface area contributed by atoms with E-state index >= 15 is 0 Å². The molecule has 35 heavy (non-hydrogen) atoms. The summed E-state index contributed by atoms with van der Waals surface area (Å²) >= 11 is 0. The highest BCUT2D eigenvalue weighted by molar-refractivity contribution is 7.92. The molecule has 0 atom stereocenters. The summed E-state index contributed by atoms with van der Waals surface area (Å²) in [5.41, 5.74) is 1.45. The number of aliphatic hydroxyl groups excluding tert-OH is 1. The third-order valence-electron chi connectivity index (χ3n) is 5.30. The summed E-state index contributed by atoms with van der Waals surface area (Å²) in [6, 6.07) is 17.3. The van der Waals surface area contributed by atoms with Gasteiger partial charge in [0.1, 0.15) is 17.1 Å². The number of benzene rings is 3. The van der Waals surface area contributed by atoms with E-state index in [0.717, 1.165) is 10.6 Å². The van der Waals surface area contributed by atoms with Crippen molar-refractivity contribution in [2.45, 2.75) is 0 Å². The van der Waals surface area contributed by atoms with Gasteiger partial charge in [-0.2, -0.15) is 0 Å². The van der Waals surface area contributed by atoms with Gasteiger partial charge in [0.2, 0.25) is 10.0 Å². The highest BCUT2D eigenvalue weighted by atomic mass is 32.2. The van der Waals surface area contributed by atoms with Gasteiger partial charge in [-0.3, -0.25) is 9.10 Å². The molecule has 0 spiro atoms. The van der Waals surface area contributed by atoms with E-state index in [2.05, 4.69) is 5.32 Å². The first-order chi connectivity index (χ1) is 16.7. The van der Waals surface area contributed by atoms with Crippen LogP contribution in [0.15, 0.2) is 71.1 Å². The fraction of sp³-hybridized carbons (Fsp3) is 0.160. The first-order valence-electron chi connectivity index (χ1n) is 10.6. The zero-order chi connectivity index (χ0) is 25.2. The first kappa shape index (κ1) is 24.2. The Balaban J connectivity index is 1.76. The SMILES string of the molecule is CNC(=O)c1c(-c2ccc(Oc3ccccc3F)cc2)oc2cc(N(CCO)S(C)(=O)=O)ccc12. The topological polar surface area (TPSA) is 109 Å². The largest absolute Gasteiger partial charge is 0.455 e. The van der Waals surface area contributed by atoms with Crippen molar-refractivity contribution in [3.8, 4) is 22.8 Å². The number of halogens is 1. The van der Waals surface area contributed by atoms with E-state index in [1.54, 1.807) is 48.5 Å². The van der Waals surface area contributed by atoms with Crippen molar-refractivity contribution in [2.75, 3.05) is 30.8 Å². The van der Waals surface area contributed by atoms with Crippen LogP contribution < -0.4 is 14.4 Å². The van der Waals surface area contributed by atoms with E-state index in [0.29, 0.717) is 28.0 Å². The second kappa shape index (κ2) is 9.77. The monoisotopic (exact) mass is 498 g/mol. The van der Waals surface area contributed by atoms with Crippen LogP contribution >= 0.6 is 0 Å². The molecule has 0 fully saturated rings. The standard InChI is InChI=1S/C25H23FN2O6S/c1-27-25(30)23-19-12-9-17(28(13-14-29)35(2,31)32)15-22(19)34-24(23)16-7-10-18(11-8-16)33-21-6-4-3-5-20(21)26/h3-12,15,29H,13-14H2,1-2H3,(H,27,30).